The topological polar surface area (TPSA) is 0 Å². The molecule has 0 atom stereocenters. The van der Waals surface area contributed by atoms with Gasteiger partial charge in [-0.2, -0.15) is 0 Å². The van der Waals surface area contributed by atoms with Gasteiger partial charge in [0.2, 0.25) is 0 Å². The molecule has 0 unspecified atom stereocenters. The first-order chi connectivity index (χ1) is 38.6. The van der Waals surface area contributed by atoms with Crippen LogP contribution in [0.5, 0.6) is 0 Å². The maximum absolute atomic E-state index is 12.3. The molecule has 12 rings (SSSR count). The van der Waals surface area contributed by atoms with Crippen molar-refractivity contribution in [3.63, 3.8) is 0 Å². The summed E-state index contributed by atoms with van der Waals surface area (Å²) >= 11 is -6.22. The van der Waals surface area contributed by atoms with E-state index in [9.17, 15) is 9.53 Å². The van der Waals surface area contributed by atoms with Gasteiger partial charge in [-0.15, -0.1) is 0 Å². The third kappa shape index (κ3) is 7.38. The normalized spacial score (nSPS) is 13.5. The molecule has 0 fully saturated rings. The Kier molecular flexibility index (Phi) is 14.8. The van der Waals surface area contributed by atoms with Gasteiger partial charge in [0, 0.05) is 0 Å². The molecule has 0 spiro atoms. The van der Waals surface area contributed by atoms with Crippen LogP contribution in [0.4, 0.5) is 0 Å². The first-order valence-corrected chi connectivity index (χ1v) is 45.3. The fourth-order valence-corrected chi connectivity index (χ4v) is 197. The second kappa shape index (κ2) is 22.2. The second-order valence-corrected chi connectivity index (χ2v) is 82.6. The average molecular weight is 1200 g/mol. The summed E-state index contributed by atoms with van der Waals surface area (Å²) in [5.74, 6) is 0. The molecule has 0 N–H and O–H groups in total. The Morgan fingerprint density at radius 2 is 0.218 bits per heavy atom. The number of rotatable bonds is 16. The molecular formula is C72H64ClP4Pd. The molecule has 6 heteroatoms. The van der Waals surface area contributed by atoms with Crippen LogP contribution in [0.3, 0.4) is 0 Å². The SMILES string of the molecule is [Cl][Pd]([PH](c1ccccc1)(c1ccccc1)c1ccccc1)([PH](c1ccccc1)(c1ccccc1)c1ccccc1)([PH](c1ccccc1)(c1ccccc1)c1ccccc1)[PH](c1ccccc1)(c1ccccc1)c1ccccc1. The van der Waals surface area contributed by atoms with Crippen LogP contribution < -0.4 is 63.7 Å². The van der Waals surface area contributed by atoms with Gasteiger partial charge in [0.05, 0.1) is 0 Å². The van der Waals surface area contributed by atoms with Crippen molar-refractivity contribution in [1.82, 2.24) is 0 Å². The Morgan fingerprint density at radius 1 is 0.141 bits per heavy atom. The van der Waals surface area contributed by atoms with Gasteiger partial charge in [-0.3, -0.25) is 0 Å². The molecule has 0 saturated carbocycles. The third-order valence-electron chi connectivity index (χ3n) is 15.6. The van der Waals surface area contributed by atoms with Crippen LogP contribution in [0.15, 0.2) is 364 Å². The molecule has 0 nitrogen and oxygen atoms in total. The summed E-state index contributed by atoms with van der Waals surface area (Å²) < 4.78 is 0. The van der Waals surface area contributed by atoms with Crippen molar-refractivity contribution in [3.05, 3.63) is 364 Å². The van der Waals surface area contributed by atoms with Crippen LogP contribution in [-0.4, -0.2) is 0 Å². The number of halogens is 1. The van der Waals surface area contributed by atoms with Crippen molar-refractivity contribution in [2.45, 2.75) is 0 Å². The Balaban J connectivity index is 1.67. The van der Waals surface area contributed by atoms with E-state index in [1.165, 1.54) is 63.7 Å². The first kappa shape index (κ1) is 52.0. The van der Waals surface area contributed by atoms with Gasteiger partial charge in [0.15, 0.2) is 0 Å². The molecule has 0 bridgehead atoms. The van der Waals surface area contributed by atoms with Crippen molar-refractivity contribution in [3.8, 4) is 0 Å². The van der Waals surface area contributed by atoms with Crippen LogP contribution in [0.25, 0.3) is 0 Å². The molecule has 0 aromatic heterocycles. The standard InChI is InChI=1S/4C18H15P.ClH.Pd/c4*1-4-10-16(11-5-1)19(17-12-6-2-7-13-17)18-14-8-3-9-15-18;;/h4*1-15H;1H;/q;;;;;-3/p+3. The average Bonchev–Trinajstić information content (AvgIpc) is 2.58. The predicted octanol–water partition coefficient (Wildman–Crippen LogP) is 13.4. The zero-order valence-electron chi connectivity index (χ0n) is 43.3. The van der Waals surface area contributed by atoms with E-state index in [2.05, 4.69) is 364 Å². The van der Waals surface area contributed by atoms with E-state index in [4.69, 9.17) is 0 Å². The molecule has 0 amide bonds. The molecule has 0 aliphatic heterocycles. The van der Waals surface area contributed by atoms with Crippen LogP contribution in [-0.2, 0) is 11.3 Å². The Bertz CT molecular complexity index is 2930. The summed E-state index contributed by atoms with van der Waals surface area (Å²) in [6, 6.07) is 143. The van der Waals surface area contributed by atoms with Crippen LogP contribution in [0, 0.1) is 0 Å². The zero-order valence-corrected chi connectivity index (χ0v) is 49.6. The first-order valence-electron chi connectivity index (χ1n) is 26.7. The summed E-state index contributed by atoms with van der Waals surface area (Å²) in [4.78, 5) is 0. The summed E-state index contributed by atoms with van der Waals surface area (Å²) in [6.07, 6.45) is 0. The summed E-state index contributed by atoms with van der Waals surface area (Å²) in [5.41, 5.74) is -17.1. The van der Waals surface area contributed by atoms with E-state index in [1.807, 2.05) is 0 Å². The number of benzene rings is 12. The second-order valence-electron chi connectivity index (χ2n) is 19.6. The Morgan fingerprint density at radius 3 is 0.295 bits per heavy atom. The monoisotopic (exact) mass is 1190 g/mol. The molecular weight excluding hydrogens is 1130 g/mol. The van der Waals surface area contributed by atoms with Crippen molar-refractivity contribution in [1.29, 1.82) is 0 Å². The molecule has 389 valence electrons. The van der Waals surface area contributed by atoms with E-state index in [1.54, 1.807) is 0 Å². The van der Waals surface area contributed by atoms with E-state index in [0.717, 1.165) is 0 Å². The van der Waals surface area contributed by atoms with Gasteiger partial charge >= 0.3 is 470 Å². The molecule has 0 aliphatic carbocycles. The van der Waals surface area contributed by atoms with E-state index < -0.39 is 33.1 Å². The summed E-state index contributed by atoms with van der Waals surface area (Å²) in [7, 11) is 12.3. The minimum atomic E-state index is -6.22. The predicted molar refractivity (Wildman–Crippen MR) is 352 cm³/mol. The van der Waals surface area contributed by atoms with E-state index in [0.29, 0.717) is 0 Å². The van der Waals surface area contributed by atoms with Gasteiger partial charge in [-0.05, 0) is 0 Å². The van der Waals surface area contributed by atoms with Gasteiger partial charge in [-0.25, -0.2) is 0 Å². The van der Waals surface area contributed by atoms with Gasteiger partial charge in [-0.1, -0.05) is 0 Å². The van der Waals surface area contributed by atoms with Crippen molar-refractivity contribution in [2.24, 2.45) is 0 Å². The van der Waals surface area contributed by atoms with Gasteiger partial charge in [0.1, 0.15) is 0 Å². The molecule has 12 aromatic rings. The van der Waals surface area contributed by atoms with Crippen LogP contribution in [0.2, 0.25) is 0 Å². The van der Waals surface area contributed by atoms with Gasteiger partial charge < -0.3 is 0 Å². The van der Waals surface area contributed by atoms with Crippen molar-refractivity contribution < 1.29 is 11.3 Å². The molecule has 0 heterocycles. The molecule has 0 radical (unpaired) electrons. The number of hydrogen-bond donors (Lipinski definition) is 0. The van der Waals surface area contributed by atoms with Crippen molar-refractivity contribution >= 4 is 95.0 Å². The van der Waals surface area contributed by atoms with Crippen LogP contribution >= 0.6 is 31.3 Å². The summed E-state index contributed by atoms with van der Waals surface area (Å²) in [6.45, 7) is 0. The Hall–Kier alpha value is -6.69. The zero-order chi connectivity index (χ0) is 52.8. The van der Waals surface area contributed by atoms with E-state index >= 15 is 0 Å². The molecule has 0 aliphatic rings. The van der Waals surface area contributed by atoms with E-state index in [-0.39, 0.29) is 0 Å². The third-order valence-corrected chi connectivity index (χ3v) is 138. The van der Waals surface area contributed by atoms with Crippen LogP contribution in [0.1, 0.15) is 0 Å². The minimum absolute atomic E-state index is 1.31. The van der Waals surface area contributed by atoms with Crippen molar-refractivity contribution in [2.75, 3.05) is 0 Å². The van der Waals surface area contributed by atoms with Gasteiger partial charge in [0.25, 0.3) is 0 Å². The Labute approximate surface area is 466 Å². The number of hydrogen-bond acceptors (Lipinski definition) is 0. The molecule has 78 heavy (non-hydrogen) atoms. The molecule has 12 aromatic carbocycles. The summed E-state index contributed by atoms with van der Waals surface area (Å²) in [5, 5.41) is 15.8. The fourth-order valence-electron chi connectivity index (χ4n) is 13.0. The fraction of sp³-hybridized carbons (Fsp3) is 0. The molecule has 0 saturated heterocycles. The maximum atomic E-state index is 12.3. The quantitative estimate of drug-likeness (QED) is 0.0668.